The number of amides is 1. The third kappa shape index (κ3) is 4.31. The Balaban J connectivity index is 1.59. The van der Waals surface area contributed by atoms with Crippen molar-refractivity contribution in [2.45, 2.75) is 13.1 Å². The van der Waals surface area contributed by atoms with E-state index in [1.165, 1.54) is 12.1 Å². The number of hydrogen-bond acceptors (Lipinski definition) is 3. The number of nitrogens with zero attached hydrogens (tertiary/aromatic N) is 2. The number of aromatic nitrogens is 2. The molecular weight excluding hydrogens is 449 g/mol. The average molecular weight is 466 g/mol. The summed E-state index contributed by atoms with van der Waals surface area (Å²) in [7, 11) is 0. The zero-order valence-corrected chi connectivity index (χ0v) is 17.4. The van der Waals surface area contributed by atoms with Crippen molar-refractivity contribution in [1.82, 2.24) is 14.9 Å². The lowest BCUT2D eigenvalue weighted by atomic mass is 10.1. The van der Waals surface area contributed by atoms with Gasteiger partial charge < -0.3 is 9.88 Å². The van der Waals surface area contributed by atoms with Gasteiger partial charge in [0.25, 0.3) is 0 Å². The van der Waals surface area contributed by atoms with Crippen LogP contribution in [-0.2, 0) is 17.9 Å². The Bertz CT molecular complexity index is 1220. The van der Waals surface area contributed by atoms with Crippen molar-refractivity contribution >= 4 is 38.7 Å². The number of halogens is 2. The molecule has 7 heteroatoms. The number of ketones is 1. The smallest absolute Gasteiger partial charge is 0.240 e. The van der Waals surface area contributed by atoms with Crippen LogP contribution in [0.2, 0.25) is 0 Å². The topological polar surface area (TPSA) is 64.0 Å². The molecule has 4 rings (SSSR count). The molecule has 1 aromatic heterocycles. The highest BCUT2D eigenvalue weighted by molar-refractivity contribution is 9.10. The molecule has 1 amide bonds. The minimum atomic E-state index is -0.328. The van der Waals surface area contributed by atoms with Crippen LogP contribution in [0.1, 0.15) is 21.7 Å². The van der Waals surface area contributed by atoms with Crippen LogP contribution in [-0.4, -0.2) is 21.2 Å². The molecule has 0 saturated carbocycles. The standard InChI is InChI=1S/C23H17BrFN3O2/c24-17-9-7-16(8-10-17)22(30)23-27-19-3-1-2-4-20(19)28(23)14-21(29)26-13-15-5-11-18(25)12-6-15/h1-12H,13-14H2,(H,26,29). The average Bonchev–Trinajstić information content (AvgIpc) is 3.12. The summed E-state index contributed by atoms with van der Waals surface area (Å²) in [5.41, 5.74) is 2.62. The number of hydrogen-bond donors (Lipinski definition) is 1. The number of fused-ring (bicyclic) bond motifs is 1. The number of para-hydroxylation sites is 2. The maximum atomic E-state index is 13.1. The van der Waals surface area contributed by atoms with Crippen LogP contribution < -0.4 is 5.32 Å². The lowest BCUT2D eigenvalue weighted by molar-refractivity contribution is -0.121. The highest BCUT2D eigenvalue weighted by atomic mass is 79.9. The SMILES string of the molecule is O=C(Cn1c(C(=O)c2ccc(Br)cc2)nc2ccccc21)NCc1ccc(F)cc1. The summed E-state index contributed by atoms with van der Waals surface area (Å²) in [5.74, 6) is -0.654. The fraction of sp³-hybridized carbons (Fsp3) is 0.0870. The molecule has 30 heavy (non-hydrogen) atoms. The van der Waals surface area contributed by atoms with Gasteiger partial charge in [-0.1, -0.05) is 40.2 Å². The summed E-state index contributed by atoms with van der Waals surface area (Å²) < 4.78 is 15.5. The highest BCUT2D eigenvalue weighted by Crippen LogP contribution is 2.20. The molecule has 5 nitrogen and oxygen atoms in total. The van der Waals surface area contributed by atoms with E-state index in [1.807, 2.05) is 18.2 Å². The lowest BCUT2D eigenvalue weighted by Gasteiger charge is -2.10. The Hall–Kier alpha value is -3.32. The van der Waals surface area contributed by atoms with E-state index < -0.39 is 0 Å². The summed E-state index contributed by atoms with van der Waals surface area (Å²) in [6.07, 6.45) is 0. The number of nitrogens with one attached hydrogen (secondary N) is 1. The van der Waals surface area contributed by atoms with Crippen molar-refractivity contribution in [3.05, 3.63) is 100 Å². The van der Waals surface area contributed by atoms with Gasteiger partial charge in [0.15, 0.2) is 5.82 Å². The molecule has 0 aliphatic rings. The monoisotopic (exact) mass is 465 g/mol. The summed E-state index contributed by atoms with van der Waals surface area (Å²) in [5, 5.41) is 2.81. The van der Waals surface area contributed by atoms with E-state index in [9.17, 15) is 14.0 Å². The fourth-order valence-electron chi connectivity index (χ4n) is 3.14. The summed E-state index contributed by atoms with van der Waals surface area (Å²) >= 11 is 3.36. The van der Waals surface area contributed by atoms with E-state index in [0.29, 0.717) is 16.6 Å². The maximum Gasteiger partial charge on any atom is 0.240 e. The van der Waals surface area contributed by atoms with E-state index in [2.05, 4.69) is 26.2 Å². The third-order valence-electron chi connectivity index (χ3n) is 4.67. The molecule has 0 atom stereocenters. The molecular formula is C23H17BrFN3O2. The Labute approximate surface area is 180 Å². The molecule has 1 heterocycles. The predicted molar refractivity (Wildman–Crippen MR) is 116 cm³/mol. The molecule has 0 aliphatic carbocycles. The number of imidazole rings is 1. The molecule has 0 bridgehead atoms. The number of benzene rings is 3. The first-order chi connectivity index (χ1) is 14.5. The van der Waals surface area contributed by atoms with Gasteiger partial charge in [-0.15, -0.1) is 0 Å². The van der Waals surface area contributed by atoms with Crippen LogP contribution in [0.4, 0.5) is 4.39 Å². The Kier molecular flexibility index (Phi) is 5.72. The Morgan fingerprint density at radius 2 is 1.67 bits per heavy atom. The number of rotatable bonds is 6. The van der Waals surface area contributed by atoms with Crippen LogP contribution >= 0.6 is 15.9 Å². The first-order valence-corrected chi connectivity index (χ1v) is 10.1. The van der Waals surface area contributed by atoms with Gasteiger partial charge in [0.1, 0.15) is 12.4 Å². The van der Waals surface area contributed by atoms with Crippen molar-refractivity contribution in [2.24, 2.45) is 0 Å². The second kappa shape index (κ2) is 8.59. The molecule has 0 fully saturated rings. The zero-order chi connectivity index (χ0) is 21.1. The van der Waals surface area contributed by atoms with E-state index in [0.717, 1.165) is 10.0 Å². The Morgan fingerprint density at radius 3 is 2.40 bits per heavy atom. The molecule has 4 aromatic rings. The quantitative estimate of drug-likeness (QED) is 0.426. The van der Waals surface area contributed by atoms with Gasteiger partial charge >= 0.3 is 0 Å². The van der Waals surface area contributed by atoms with Gasteiger partial charge in [-0.05, 0) is 54.1 Å². The summed E-state index contributed by atoms with van der Waals surface area (Å²) in [6.45, 7) is 0.209. The normalized spacial score (nSPS) is 10.9. The van der Waals surface area contributed by atoms with Gasteiger partial charge in [-0.2, -0.15) is 0 Å². The van der Waals surface area contributed by atoms with Crippen molar-refractivity contribution in [2.75, 3.05) is 0 Å². The van der Waals surface area contributed by atoms with Crippen LogP contribution in [0, 0.1) is 5.82 Å². The summed E-state index contributed by atoms with van der Waals surface area (Å²) in [4.78, 5) is 30.1. The van der Waals surface area contributed by atoms with Gasteiger partial charge in [0, 0.05) is 16.6 Å². The third-order valence-corrected chi connectivity index (χ3v) is 5.20. The van der Waals surface area contributed by atoms with Crippen molar-refractivity contribution in [3.63, 3.8) is 0 Å². The van der Waals surface area contributed by atoms with Crippen LogP contribution in [0.15, 0.2) is 77.3 Å². The summed E-state index contributed by atoms with van der Waals surface area (Å²) in [6, 6.07) is 20.2. The predicted octanol–water partition coefficient (Wildman–Crippen LogP) is 4.49. The van der Waals surface area contributed by atoms with Crippen LogP contribution in [0.3, 0.4) is 0 Å². The highest BCUT2D eigenvalue weighted by Gasteiger charge is 2.20. The molecule has 0 saturated heterocycles. The Morgan fingerprint density at radius 1 is 0.967 bits per heavy atom. The maximum absolute atomic E-state index is 13.1. The van der Waals surface area contributed by atoms with Crippen molar-refractivity contribution < 1.29 is 14.0 Å². The second-order valence-corrected chi connectivity index (χ2v) is 7.67. The molecule has 0 unspecified atom stereocenters. The number of carbonyl (C=O) groups excluding carboxylic acids is 2. The van der Waals surface area contributed by atoms with Crippen LogP contribution in [0.25, 0.3) is 11.0 Å². The number of carbonyl (C=O) groups is 2. The fourth-order valence-corrected chi connectivity index (χ4v) is 3.41. The van der Waals surface area contributed by atoms with Crippen LogP contribution in [0.5, 0.6) is 0 Å². The van der Waals surface area contributed by atoms with E-state index in [4.69, 9.17) is 0 Å². The zero-order valence-electron chi connectivity index (χ0n) is 15.8. The van der Waals surface area contributed by atoms with E-state index in [-0.39, 0.29) is 36.4 Å². The van der Waals surface area contributed by atoms with Gasteiger partial charge in [0.2, 0.25) is 11.7 Å². The molecule has 0 radical (unpaired) electrons. The largest absolute Gasteiger partial charge is 0.350 e. The molecule has 0 spiro atoms. The lowest BCUT2D eigenvalue weighted by Crippen LogP contribution is -2.28. The molecule has 0 aliphatic heterocycles. The second-order valence-electron chi connectivity index (χ2n) is 6.75. The molecule has 150 valence electrons. The van der Waals surface area contributed by atoms with Gasteiger partial charge in [-0.3, -0.25) is 9.59 Å². The van der Waals surface area contributed by atoms with Crippen molar-refractivity contribution in [1.29, 1.82) is 0 Å². The van der Waals surface area contributed by atoms with E-state index >= 15 is 0 Å². The van der Waals surface area contributed by atoms with Gasteiger partial charge in [-0.25, -0.2) is 9.37 Å². The van der Waals surface area contributed by atoms with Crippen molar-refractivity contribution in [3.8, 4) is 0 Å². The molecule has 3 aromatic carbocycles. The first-order valence-electron chi connectivity index (χ1n) is 9.28. The van der Waals surface area contributed by atoms with Gasteiger partial charge in [0.05, 0.1) is 11.0 Å². The minimum absolute atomic E-state index is 0.0562. The molecule has 1 N–H and O–H groups in total. The first kappa shape index (κ1) is 20.0. The van der Waals surface area contributed by atoms with E-state index in [1.54, 1.807) is 47.0 Å². The minimum Gasteiger partial charge on any atom is -0.350 e.